The molecule has 1 aromatic heterocycles. The Hall–Kier alpha value is -2.32. The highest BCUT2D eigenvalue weighted by atomic mass is 32.1. The number of aliphatic hydroxyl groups is 1. The van der Waals surface area contributed by atoms with Crippen LogP contribution in [0.4, 0.5) is 5.69 Å². The zero-order chi connectivity index (χ0) is 16.8. The fourth-order valence-electron chi connectivity index (χ4n) is 1.97. The summed E-state index contributed by atoms with van der Waals surface area (Å²) in [6, 6.07) is 6.00. The van der Waals surface area contributed by atoms with Crippen molar-refractivity contribution in [3.05, 3.63) is 45.5 Å². The Bertz CT molecular complexity index is 684. The third kappa shape index (κ3) is 4.57. The van der Waals surface area contributed by atoms with Gasteiger partial charge in [0.2, 0.25) is 0 Å². The second-order valence-corrected chi connectivity index (χ2v) is 5.85. The van der Waals surface area contributed by atoms with Crippen molar-refractivity contribution in [3.8, 4) is 10.6 Å². The van der Waals surface area contributed by atoms with Gasteiger partial charge in [-0.3, -0.25) is 14.9 Å². The fraction of sp³-hybridized carbons (Fsp3) is 0.333. The van der Waals surface area contributed by atoms with Gasteiger partial charge in [-0.25, -0.2) is 4.98 Å². The number of nitrogens with one attached hydrogen (secondary N) is 1. The molecule has 122 valence electrons. The molecular formula is C15H17N3O4S. The van der Waals surface area contributed by atoms with E-state index in [9.17, 15) is 20.0 Å². The van der Waals surface area contributed by atoms with Crippen molar-refractivity contribution in [2.45, 2.75) is 25.9 Å². The van der Waals surface area contributed by atoms with Crippen molar-refractivity contribution >= 4 is 22.9 Å². The summed E-state index contributed by atoms with van der Waals surface area (Å²) in [4.78, 5) is 26.4. The summed E-state index contributed by atoms with van der Waals surface area (Å²) < 4.78 is 0. The molecule has 1 heterocycles. The summed E-state index contributed by atoms with van der Waals surface area (Å²) in [7, 11) is 0. The van der Waals surface area contributed by atoms with Crippen molar-refractivity contribution in [2.75, 3.05) is 6.54 Å². The summed E-state index contributed by atoms with van der Waals surface area (Å²) in [5.74, 6) is -0.343. The Morgan fingerprint density at radius 3 is 2.74 bits per heavy atom. The second-order valence-electron chi connectivity index (χ2n) is 4.99. The molecule has 0 spiro atoms. The molecular weight excluding hydrogens is 318 g/mol. The van der Waals surface area contributed by atoms with Crippen molar-refractivity contribution in [3.63, 3.8) is 0 Å². The SMILES string of the molecule is CCCC(O)CNC(=O)c1csc(-c2ccc([N+](=O)[O-])cc2)n1. The van der Waals surface area contributed by atoms with Crippen LogP contribution in [0, 0.1) is 10.1 Å². The number of thiazole rings is 1. The van der Waals surface area contributed by atoms with E-state index < -0.39 is 11.0 Å². The van der Waals surface area contributed by atoms with E-state index in [-0.39, 0.29) is 23.8 Å². The van der Waals surface area contributed by atoms with E-state index in [1.54, 1.807) is 17.5 Å². The Morgan fingerprint density at radius 2 is 2.13 bits per heavy atom. The lowest BCUT2D eigenvalue weighted by molar-refractivity contribution is -0.384. The number of amides is 1. The summed E-state index contributed by atoms with van der Waals surface area (Å²) >= 11 is 1.29. The van der Waals surface area contributed by atoms with Crippen LogP contribution in [0.1, 0.15) is 30.3 Å². The minimum absolute atomic E-state index is 0.00758. The smallest absolute Gasteiger partial charge is 0.270 e. The van der Waals surface area contributed by atoms with Gasteiger partial charge in [-0.05, 0) is 18.6 Å². The normalized spacial score (nSPS) is 11.9. The highest BCUT2D eigenvalue weighted by Crippen LogP contribution is 2.25. The van der Waals surface area contributed by atoms with Gasteiger partial charge >= 0.3 is 0 Å². The largest absolute Gasteiger partial charge is 0.391 e. The van der Waals surface area contributed by atoms with Gasteiger partial charge in [0.15, 0.2) is 0 Å². The van der Waals surface area contributed by atoms with Gasteiger partial charge in [0, 0.05) is 29.6 Å². The van der Waals surface area contributed by atoms with Crippen LogP contribution in [-0.4, -0.2) is 33.6 Å². The Labute approximate surface area is 137 Å². The van der Waals surface area contributed by atoms with Gasteiger partial charge in [-0.2, -0.15) is 0 Å². The number of nitro groups is 1. The van der Waals surface area contributed by atoms with E-state index in [1.165, 1.54) is 23.5 Å². The molecule has 1 amide bonds. The lowest BCUT2D eigenvalue weighted by atomic mass is 10.2. The van der Waals surface area contributed by atoms with Crippen molar-refractivity contribution in [1.82, 2.24) is 10.3 Å². The molecule has 1 aromatic carbocycles. The predicted molar refractivity (Wildman–Crippen MR) is 87.5 cm³/mol. The van der Waals surface area contributed by atoms with Crippen LogP contribution in [0.3, 0.4) is 0 Å². The summed E-state index contributed by atoms with van der Waals surface area (Å²) in [6.45, 7) is 2.15. The number of rotatable bonds is 7. The van der Waals surface area contributed by atoms with Crippen molar-refractivity contribution < 1.29 is 14.8 Å². The van der Waals surface area contributed by atoms with Gasteiger partial charge in [0.1, 0.15) is 10.7 Å². The van der Waals surface area contributed by atoms with Gasteiger partial charge in [0.25, 0.3) is 11.6 Å². The Kier molecular flexibility index (Phi) is 5.78. The number of nitro benzene ring substituents is 1. The number of carbonyl (C=O) groups is 1. The summed E-state index contributed by atoms with van der Waals surface area (Å²) in [5.41, 5.74) is 0.992. The maximum Gasteiger partial charge on any atom is 0.270 e. The molecule has 2 aromatic rings. The fourth-order valence-corrected chi connectivity index (χ4v) is 2.78. The van der Waals surface area contributed by atoms with Gasteiger partial charge in [0.05, 0.1) is 11.0 Å². The quantitative estimate of drug-likeness (QED) is 0.597. The maximum atomic E-state index is 12.0. The van der Waals surface area contributed by atoms with Gasteiger partial charge in [-0.15, -0.1) is 11.3 Å². The minimum Gasteiger partial charge on any atom is -0.391 e. The van der Waals surface area contributed by atoms with E-state index in [4.69, 9.17) is 0 Å². The molecule has 2 rings (SSSR count). The maximum absolute atomic E-state index is 12.0. The molecule has 0 aliphatic heterocycles. The molecule has 0 aliphatic carbocycles. The minimum atomic E-state index is -0.559. The Morgan fingerprint density at radius 1 is 1.43 bits per heavy atom. The molecule has 8 heteroatoms. The zero-order valence-corrected chi connectivity index (χ0v) is 13.4. The van der Waals surface area contributed by atoms with Crippen LogP contribution in [0.25, 0.3) is 10.6 Å². The Balaban J connectivity index is 2.02. The van der Waals surface area contributed by atoms with Crippen LogP contribution < -0.4 is 5.32 Å². The predicted octanol–water partition coefficient (Wildman–Crippen LogP) is 2.61. The standard InChI is InChI=1S/C15H17N3O4S/c1-2-3-12(19)8-16-14(20)13-9-23-15(17-13)10-4-6-11(7-5-10)18(21)22/h4-7,9,12,19H,2-3,8H2,1H3,(H,16,20). The molecule has 1 atom stereocenters. The average Bonchev–Trinajstić information content (AvgIpc) is 3.03. The molecule has 2 N–H and O–H groups in total. The first kappa shape index (κ1) is 17.0. The number of nitrogens with zero attached hydrogens (tertiary/aromatic N) is 2. The monoisotopic (exact) mass is 335 g/mol. The second kappa shape index (κ2) is 7.80. The molecule has 1 unspecified atom stereocenters. The van der Waals surface area contributed by atoms with E-state index in [0.29, 0.717) is 17.0 Å². The molecule has 23 heavy (non-hydrogen) atoms. The number of hydrogen-bond acceptors (Lipinski definition) is 6. The highest BCUT2D eigenvalue weighted by molar-refractivity contribution is 7.13. The van der Waals surface area contributed by atoms with Crippen molar-refractivity contribution in [1.29, 1.82) is 0 Å². The number of aromatic nitrogens is 1. The highest BCUT2D eigenvalue weighted by Gasteiger charge is 2.14. The summed E-state index contributed by atoms with van der Waals surface area (Å²) in [5, 5.41) is 25.1. The summed E-state index contributed by atoms with van der Waals surface area (Å²) in [6.07, 6.45) is 0.917. The molecule has 7 nitrogen and oxygen atoms in total. The topological polar surface area (TPSA) is 105 Å². The molecule has 0 radical (unpaired) electrons. The van der Waals surface area contributed by atoms with Gasteiger partial charge < -0.3 is 10.4 Å². The number of non-ortho nitro benzene ring substituents is 1. The van der Waals surface area contributed by atoms with Crippen LogP contribution in [0.2, 0.25) is 0 Å². The van der Waals surface area contributed by atoms with Crippen LogP contribution >= 0.6 is 11.3 Å². The van der Waals surface area contributed by atoms with Crippen LogP contribution in [0.15, 0.2) is 29.6 Å². The average molecular weight is 335 g/mol. The first-order valence-corrected chi connectivity index (χ1v) is 8.05. The third-order valence-corrected chi connectivity index (χ3v) is 4.07. The number of benzene rings is 1. The van der Waals surface area contributed by atoms with Crippen molar-refractivity contribution in [2.24, 2.45) is 0 Å². The van der Waals surface area contributed by atoms with Gasteiger partial charge in [-0.1, -0.05) is 13.3 Å². The first-order chi connectivity index (χ1) is 11.0. The van der Waals surface area contributed by atoms with E-state index in [1.807, 2.05) is 6.92 Å². The number of aliphatic hydroxyl groups excluding tert-OH is 1. The van der Waals surface area contributed by atoms with Crippen LogP contribution in [-0.2, 0) is 0 Å². The first-order valence-electron chi connectivity index (χ1n) is 7.18. The molecule has 0 fully saturated rings. The molecule has 0 saturated heterocycles. The van der Waals surface area contributed by atoms with E-state index >= 15 is 0 Å². The lowest BCUT2D eigenvalue weighted by Crippen LogP contribution is -2.32. The number of hydrogen-bond donors (Lipinski definition) is 2. The molecule has 0 saturated carbocycles. The molecule has 0 aliphatic rings. The van der Waals surface area contributed by atoms with E-state index in [2.05, 4.69) is 10.3 Å². The lowest BCUT2D eigenvalue weighted by Gasteiger charge is -2.09. The molecule has 0 bridgehead atoms. The van der Waals surface area contributed by atoms with E-state index in [0.717, 1.165) is 6.42 Å². The zero-order valence-electron chi connectivity index (χ0n) is 12.6. The third-order valence-electron chi connectivity index (χ3n) is 3.18. The van der Waals surface area contributed by atoms with Crippen LogP contribution in [0.5, 0.6) is 0 Å². The number of carbonyl (C=O) groups excluding carboxylic acids is 1.